The van der Waals surface area contributed by atoms with Crippen molar-refractivity contribution in [2.75, 3.05) is 56.0 Å². The van der Waals surface area contributed by atoms with Crippen LogP contribution in [0.2, 0.25) is 0 Å². The van der Waals surface area contributed by atoms with Crippen molar-refractivity contribution in [3.05, 3.63) is 54.3 Å². The maximum atomic E-state index is 13.4. The summed E-state index contributed by atoms with van der Waals surface area (Å²) in [6.45, 7) is 3.75. The first-order valence-corrected chi connectivity index (χ1v) is 12.0. The standard InChI is InChI=1S/C22H27FN4O3S/c23-18-4-3-5-21(16-18)31(29,30)27-14-12-25(13-15-27)17-22(28)24-19-6-8-20(9-7-19)26-10-1-2-11-26/h3-9,16H,1-2,10-15,17H2,(H,24,28). The molecule has 2 heterocycles. The van der Waals surface area contributed by atoms with Gasteiger partial charge in [0.2, 0.25) is 15.9 Å². The molecule has 2 aromatic carbocycles. The number of rotatable bonds is 6. The van der Waals surface area contributed by atoms with Crippen molar-refractivity contribution >= 4 is 27.3 Å². The van der Waals surface area contributed by atoms with E-state index in [-0.39, 0.29) is 30.4 Å². The van der Waals surface area contributed by atoms with Crippen LogP contribution in [0.3, 0.4) is 0 Å². The Hall–Kier alpha value is -2.49. The molecule has 1 N–H and O–H groups in total. The lowest BCUT2D eigenvalue weighted by atomic mass is 10.2. The van der Waals surface area contributed by atoms with E-state index in [1.807, 2.05) is 29.2 Å². The number of amides is 1. The topological polar surface area (TPSA) is 73.0 Å². The quantitative estimate of drug-likeness (QED) is 0.738. The normalized spacial score (nSPS) is 18.3. The predicted molar refractivity (Wildman–Crippen MR) is 118 cm³/mol. The lowest BCUT2D eigenvalue weighted by Crippen LogP contribution is -2.50. The second kappa shape index (κ2) is 9.33. The summed E-state index contributed by atoms with van der Waals surface area (Å²) in [7, 11) is -3.73. The van der Waals surface area contributed by atoms with E-state index in [0.717, 1.165) is 24.8 Å². The molecular weight excluding hydrogens is 419 g/mol. The summed E-state index contributed by atoms with van der Waals surface area (Å²) in [6, 6.07) is 12.9. The van der Waals surface area contributed by atoms with Crippen LogP contribution in [0.25, 0.3) is 0 Å². The molecule has 2 fully saturated rings. The lowest BCUT2D eigenvalue weighted by molar-refractivity contribution is -0.117. The summed E-state index contributed by atoms with van der Waals surface area (Å²) in [5.74, 6) is -0.708. The molecule has 0 spiro atoms. The number of anilines is 2. The van der Waals surface area contributed by atoms with Crippen LogP contribution in [-0.2, 0) is 14.8 Å². The number of nitrogens with one attached hydrogen (secondary N) is 1. The summed E-state index contributed by atoms with van der Waals surface area (Å²) in [4.78, 5) is 16.6. The SMILES string of the molecule is O=C(CN1CCN(S(=O)(=O)c2cccc(F)c2)CC1)Nc1ccc(N2CCCC2)cc1. The molecular formula is C22H27FN4O3S. The van der Waals surface area contributed by atoms with Crippen LogP contribution in [-0.4, -0.2) is 69.3 Å². The highest BCUT2D eigenvalue weighted by atomic mass is 32.2. The number of sulfonamides is 1. The third-order valence-electron chi connectivity index (χ3n) is 5.75. The third-order valence-corrected chi connectivity index (χ3v) is 7.65. The Morgan fingerprint density at radius 2 is 1.61 bits per heavy atom. The van der Waals surface area contributed by atoms with Crippen molar-refractivity contribution in [2.24, 2.45) is 0 Å². The molecule has 0 saturated carbocycles. The maximum absolute atomic E-state index is 13.4. The zero-order valence-electron chi connectivity index (χ0n) is 17.3. The zero-order valence-corrected chi connectivity index (χ0v) is 18.2. The van der Waals surface area contributed by atoms with Gasteiger partial charge < -0.3 is 10.2 Å². The van der Waals surface area contributed by atoms with Gasteiger partial charge in [-0.05, 0) is 55.3 Å². The van der Waals surface area contributed by atoms with E-state index in [1.54, 1.807) is 0 Å². The van der Waals surface area contributed by atoms with Crippen LogP contribution in [0.1, 0.15) is 12.8 Å². The number of carbonyl (C=O) groups is 1. The largest absolute Gasteiger partial charge is 0.372 e. The second-order valence-electron chi connectivity index (χ2n) is 7.93. The van der Waals surface area contributed by atoms with Gasteiger partial charge in [0.15, 0.2) is 0 Å². The van der Waals surface area contributed by atoms with Gasteiger partial charge in [0.05, 0.1) is 11.4 Å². The number of hydrogen-bond donors (Lipinski definition) is 1. The molecule has 0 unspecified atom stereocenters. The summed E-state index contributed by atoms with van der Waals surface area (Å²) in [6.07, 6.45) is 2.44. The maximum Gasteiger partial charge on any atom is 0.243 e. The van der Waals surface area contributed by atoms with Crippen molar-refractivity contribution in [2.45, 2.75) is 17.7 Å². The fourth-order valence-corrected chi connectivity index (χ4v) is 5.49. The van der Waals surface area contributed by atoms with Crippen molar-refractivity contribution in [1.29, 1.82) is 0 Å². The summed E-state index contributed by atoms with van der Waals surface area (Å²) in [5, 5.41) is 2.91. The number of nitrogens with zero attached hydrogens (tertiary/aromatic N) is 3. The van der Waals surface area contributed by atoms with Gasteiger partial charge >= 0.3 is 0 Å². The monoisotopic (exact) mass is 446 g/mol. The smallest absolute Gasteiger partial charge is 0.243 e. The number of halogens is 1. The lowest BCUT2D eigenvalue weighted by Gasteiger charge is -2.33. The van der Waals surface area contributed by atoms with Crippen LogP contribution < -0.4 is 10.2 Å². The van der Waals surface area contributed by atoms with Crippen molar-refractivity contribution in [3.8, 4) is 0 Å². The Morgan fingerprint density at radius 3 is 2.26 bits per heavy atom. The van der Waals surface area contributed by atoms with Crippen LogP contribution in [0.15, 0.2) is 53.4 Å². The van der Waals surface area contributed by atoms with Gasteiger partial charge in [-0.2, -0.15) is 4.31 Å². The highest BCUT2D eigenvalue weighted by Crippen LogP contribution is 2.22. The van der Waals surface area contributed by atoms with E-state index in [0.29, 0.717) is 13.1 Å². The Morgan fingerprint density at radius 1 is 0.935 bits per heavy atom. The van der Waals surface area contributed by atoms with Gasteiger partial charge in [-0.15, -0.1) is 0 Å². The predicted octanol–water partition coefficient (Wildman–Crippen LogP) is 2.37. The average Bonchev–Trinajstić information content (AvgIpc) is 3.29. The molecule has 2 aliphatic rings. The van der Waals surface area contributed by atoms with Gasteiger partial charge in [0, 0.05) is 50.6 Å². The molecule has 0 aromatic heterocycles. The molecule has 9 heteroatoms. The van der Waals surface area contributed by atoms with Gasteiger partial charge in [-0.3, -0.25) is 9.69 Å². The average molecular weight is 447 g/mol. The number of hydrogen-bond acceptors (Lipinski definition) is 5. The highest BCUT2D eigenvalue weighted by molar-refractivity contribution is 7.89. The number of piperazine rings is 1. The minimum absolute atomic E-state index is 0.0453. The van der Waals surface area contributed by atoms with Gasteiger partial charge in [0.1, 0.15) is 5.82 Å². The highest BCUT2D eigenvalue weighted by Gasteiger charge is 2.29. The van der Waals surface area contributed by atoms with E-state index >= 15 is 0 Å². The van der Waals surface area contributed by atoms with Gasteiger partial charge in [-0.25, -0.2) is 12.8 Å². The molecule has 0 aliphatic carbocycles. The van der Waals surface area contributed by atoms with E-state index in [1.165, 1.54) is 41.0 Å². The molecule has 1 amide bonds. The van der Waals surface area contributed by atoms with Crippen LogP contribution in [0.4, 0.5) is 15.8 Å². The number of benzene rings is 2. The number of carbonyl (C=O) groups excluding carboxylic acids is 1. The Kier molecular flexibility index (Phi) is 6.54. The molecule has 4 rings (SSSR count). The molecule has 2 saturated heterocycles. The second-order valence-corrected chi connectivity index (χ2v) is 9.86. The summed E-state index contributed by atoms with van der Waals surface area (Å²) < 4.78 is 40.1. The van der Waals surface area contributed by atoms with Crippen molar-refractivity contribution < 1.29 is 17.6 Å². The molecule has 166 valence electrons. The minimum atomic E-state index is -3.73. The Bertz CT molecular complexity index is 1020. The third kappa shape index (κ3) is 5.23. The van der Waals surface area contributed by atoms with Crippen LogP contribution in [0.5, 0.6) is 0 Å². The van der Waals surface area contributed by atoms with Gasteiger partial charge in [0.25, 0.3) is 0 Å². The Balaban J connectivity index is 1.27. The first-order chi connectivity index (χ1) is 14.9. The Labute approximate surface area is 182 Å². The van der Waals surface area contributed by atoms with Crippen LogP contribution >= 0.6 is 0 Å². The zero-order chi connectivity index (χ0) is 21.8. The van der Waals surface area contributed by atoms with E-state index in [2.05, 4.69) is 10.2 Å². The minimum Gasteiger partial charge on any atom is -0.372 e. The molecule has 2 aromatic rings. The first-order valence-electron chi connectivity index (χ1n) is 10.5. The molecule has 7 nitrogen and oxygen atoms in total. The molecule has 0 bridgehead atoms. The van der Waals surface area contributed by atoms with Crippen molar-refractivity contribution in [1.82, 2.24) is 9.21 Å². The fraction of sp³-hybridized carbons (Fsp3) is 0.409. The summed E-state index contributed by atoms with van der Waals surface area (Å²) >= 11 is 0. The van der Waals surface area contributed by atoms with E-state index in [4.69, 9.17) is 0 Å². The fourth-order valence-electron chi connectivity index (χ4n) is 4.04. The summed E-state index contributed by atoms with van der Waals surface area (Å²) in [5.41, 5.74) is 1.92. The van der Waals surface area contributed by atoms with Gasteiger partial charge in [-0.1, -0.05) is 6.07 Å². The van der Waals surface area contributed by atoms with E-state index < -0.39 is 15.8 Å². The molecule has 31 heavy (non-hydrogen) atoms. The molecule has 0 atom stereocenters. The molecule has 2 aliphatic heterocycles. The van der Waals surface area contributed by atoms with Crippen molar-refractivity contribution in [3.63, 3.8) is 0 Å². The molecule has 0 radical (unpaired) electrons. The van der Waals surface area contributed by atoms with E-state index in [9.17, 15) is 17.6 Å². The first kappa shape index (κ1) is 21.7. The van der Waals surface area contributed by atoms with Crippen LogP contribution in [0, 0.1) is 5.82 Å².